The van der Waals surface area contributed by atoms with E-state index in [-0.39, 0.29) is 0 Å². The summed E-state index contributed by atoms with van der Waals surface area (Å²) < 4.78 is 7.02. The zero-order chi connectivity index (χ0) is 13.3. The van der Waals surface area contributed by atoms with E-state index in [2.05, 4.69) is 5.10 Å². The Kier molecular flexibility index (Phi) is 3.13. The summed E-state index contributed by atoms with van der Waals surface area (Å²) in [5.41, 5.74) is 1.32. The van der Waals surface area contributed by atoms with Crippen molar-refractivity contribution in [3.05, 3.63) is 47.3 Å². The number of hydrogen-bond donors (Lipinski definition) is 1. The summed E-state index contributed by atoms with van der Waals surface area (Å²) in [6, 6.07) is 7.48. The third-order valence-corrected chi connectivity index (χ3v) is 3.21. The van der Waals surface area contributed by atoms with Crippen LogP contribution in [0.3, 0.4) is 0 Å². The highest BCUT2D eigenvalue weighted by Crippen LogP contribution is 2.36. The van der Waals surface area contributed by atoms with Gasteiger partial charge in [0.15, 0.2) is 0 Å². The highest BCUT2D eigenvalue weighted by atomic mass is 16.5. The van der Waals surface area contributed by atoms with Crippen molar-refractivity contribution < 1.29 is 9.84 Å². The summed E-state index contributed by atoms with van der Waals surface area (Å²) in [5.74, 6) is 0.670. The minimum Gasteiger partial charge on any atom is -0.496 e. The summed E-state index contributed by atoms with van der Waals surface area (Å²) >= 11 is 0. The zero-order valence-corrected chi connectivity index (χ0v) is 11.1. The van der Waals surface area contributed by atoms with Gasteiger partial charge in [-0.05, 0) is 25.5 Å². The Hall–Kier alpha value is -1.81. The first kappa shape index (κ1) is 12.6. The van der Waals surface area contributed by atoms with Crippen molar-refractivity contribution in [2.24, 2.45) is 7.05 Å². The average molecular weight is 246 g/mol. The molecule has 4 heteroatoms. The number of aliphatic hydroxyl groups is 1. The maximum absolute atomic E-state index is 10.9. The molecule has 0 saturated carbocycles. The first-order chi connectivity index (χ1) is 8.48. The second-order valence-corrected chi connectivity index (χ2v) is 4.57. The SMILES string of the molecule is COc1ccccc1C(C)(O)c1c(C)cnn1C. The quantitative estimate of drug-likeness (QED) is 0.901. The molecular formula is C14H18N2O2. The fourth-order valence-corrected chi connectivity index (χ4v) is 2.42. The summed E-state index contributed by atoms with van der Waals surface area (Å²) in [7, 11) is 3.43. The molecule has 0 spiro atoms. The smallest absolute Gasteiger partial charge is 0.132 e. The van der Waals surface area contributed by atoms with E-state index in [1.807, 2.05) is 38.2 Å². The average Bonchev–Trinajstić information content (AvgIpc) is 2.69. The van der Waals surface area contributed by atoms with Gasteiger partial charge in [0.2, 0.25) is 0 Å². The lowest BCUT2D eigenvalue weighted by atomic mass is 9.89. The van der Waals surface area contributed by atoms with E-state index in [9.17, 15) is 5.11 Å². The van der Waals surface area contributed by atoms with Crippen LogP contribution in [-0.2, 0) is 12.6 Å². The molecular weight excluding hydrogens is 228 g/mol. The van der Waals surface area contributed by atoms with Crippen molar-refractivity contribution in [2.45, 2.75) is 19.4 Å². The van der Waals surface area contributed by atoms with E-state index in [1.54, 1.807) is 24.9 Å². The minimum atomic E-state index is -1.14. The lowest BCUT2D eigenvalue weighted by Crippen LogP contribution is -2.27. The van der Waals surface area contributed by atoms with Crippen LogP contribution >= 0.6 is 0 Å². The van der Waals surface area contributed by atoms with E-state index in [0.29, 0.717) is 5.75 Å². The molecule has 0 radical (unpaired) electrons. The highest BCUT2D eigenvalue weighted by Gasteiger charge is 2.33. The molecule has 0 amide bonds. The molecule has 0 aliphatic heterocycles. The lowest BCUT2D eigenvalue weighted by molar-refractivity contribution is 0.0891. The van der Waals surface area contributed by atoms with Crippen LogP contribution in [0, 0.1) is 6.92 Å². The van der Waals surface area contributed by atoms with Gasteiger partial charge in [-0.2, -0.15) is 5.10 Å². The monoisotopic (exact) mass is 246 g/mol. The normalized spacial score (nSPS) is 14.3. The van der Waals surface area contributed by atoms with Gasteiger partial charge in [-0.1, -0.05) is 18.2 Å². The first-order valence-corrected chi connectivity index (χ1v) is 5.83. The number of aromatic nitrogens is 2. The maximum atomic E-state index is 10.9. The summed E-state index contributed by atoms with van der Waals surface area (Å²) in [5, 5.41) is 15.1. The Bertz CT molecular complexity index is 539. The molecule has 0 fully saturated rings. The van der Waals surface area contributed by atoms with Crippen molar-refractivity contribution in [3.63, 3.8) is 0 Å². The van der Waals surface area contributed by atoms with Gasteiger partial charge >= 0.3 is 0 Å². The van der Waals surface area contributed by atoms with Gasteiger partial charge in [-0.25, -0.2) is 0 Å². The zero-order valence-electron chi connectivity index (χ0n) is 11.1. The first-order valence-electron chi connectivity index (χ1n) is 5.83. The highest BCUT2D eigenvalue weighted by molar-refractivity contribution is 5.43. The summed E-state index contributed by atoms with van der Waals surface area (Å²) in [6.07, 6.45) is 1.75. The predicted octanol–water partition coefficient (Wildman–Crippen LogP) is 1.99. The van der Waals surface area contributed by atoms with Crippen molar-refractivity contribution in [1.29, 1.82) is 0 Å². The molecule has 1 heterocycles. The van der Waals surface area contributed by atoms with E-state index < -0.39 is 5.60 Å². The van der Waals surface area contributed by atoms with Gasteiger partial charge in [0.25, 0.3) is 0 Å². The van der Waals surface area contributed by atoms with Crippen molar-refractivity contribution >= 4 is 0 Å². The van der Waals surface area contributed by atoms with Crippen LogP contribution in [0.25, 0.3) is 0 Å². The second kappa shape index (κ2) is 4.46. The Morgan fingerprint density at radius 2 is 2.00 bits per heavy atom. The molecule has 18 heavy (non-hydrogen) atoms. The Balaban J connectivity index is 2.61. The largest absolute Gasteiger partial charge is 0.496 e. The van der Waals surface area contributed by atoms with Gasteiger partial charge < -0.3 is 9.84 Å². The van der Waals surface area contributed by atoms with E-state index in [0.717, 1.165) is 16.8 Å². The molecule has 4 nitrogen and oxygen atoms in total. The molecule has 96 valence electrons. The van der Waals surface area contributed by atoms with Gasteiger partial charge in [0.05, 0.1) is 19.0 Å². The Morgan fingerprint density at radius 1 is 1.33 bits per heavy atom. The van der Waals surface area contributed by atoms with Gasteiger partial charge in [-0.15, -0.1) is 0 Å². The fraction of sp³-hybridized carbons (Fsp3) is 0.357. The molecule has 0 aliphatic rings. The van der Waals surface area contributed by atoms with Crippen LogP contribution in [0.5, 0.6) is 5.75 Å². The minimum absolute atomic E-state index is 0.670. The molecule has 0 bridgehead atoms. The number of hydrogen-bond acceptors (Lipinski definition) is 3. The van der Waals surface area contributed by atoms with E-state index >= 15 is 0 Å². The standard InChI is InChI=1S/C14H18N2O2/c1-10-9-15-16(3)13(10)14(2,17)11-7-5-6-8-12(11)18-4/h5-9,17H,1-4H3. The summed E-state index contributed by atoms with van der Waals surface area (Å²) in [4.78, 5) is 0. The number of nitrogens with zero attached hydrogens (tertiary/aromatic N) is 2. The van der Waals surface area contributed by atoms with Crippen LogP contribution in [-0.4, -0.2) is 22.0 Å². The fourth-order valence-electron chi connectivity index (χ4n) is 2.42. The van der Waals surface area contributed by atoms with Crippen molar-refractivity contribution in [1.82, 2.24) is 9.78 Å². The van der Waals surface area contributed by atoms with E-state index in [1.165, 1.54) is 0 Å². The topological polar surface area (TPSA) is 47.3 Å². The van der Waals surface area contributed by atoms with Crippen molar-refractivity contribution in [2.75, 3.05) is 7.11 Å². The van der Waals surface area contributed by atoms with Gasteiger partial charge in [-0.3, -0.25) is 4.68 Å². The maximum Gasteiger partial charge on any atom is 0.132 e. The number of para-hydroxylation sites is 1. The van der Waals surface area contributed by atoms with Crippen LogP contribution in [0.2, 0.25) is 0 Å². The number of methoxy groups -OCH3 is 1. The molecule has 1 atom stereocenters. The van der Waals surface area contributed by atoms with Crippen molar-refractivity contribution in [3.8, 4) is 5.75 Å². The third kappa shape index (κ3) is 1.88. The molecule has 0 aliphatic carbocycles. The van der Waals surface area contributed by atoms with Crippen LogP contribution in [0.15, 0.2) is 30.5 Å². The number of ether oxygens (including phenoxy) is 1. The van der Waals surface area contributed by atoms with Crippen LogP contribution in [0.4, 0.5) is 0 Å². The predicted molar refractivity (Wildman–Crippen MR) is 69.6 cm³/mol. The molecule has 1 unspecified atom stereocenters. The molecule has 1 aromatic carbocycles. The Labute approximate surface area is 107 Å². The van der Waals surface area contributed by atoms with Crippen LogP contribution in [0.1, 0.15) is 23.7 Å². The number of benzene rings is 1. The number of aryl methyl sites for hydroxylation is 2. The van der Waals surface area contributed by atoms with E-state index in [4.69, 9.17) is 4.74 Å². The molecule has 1 N–H and O–H groups in total. The molecule has 0 saturated heterocycles. The van der Waals surface area contributed by atoms with Gasteiger partial charge in [0, 0.05) is 12.6 Å². The molecule has 2 rings (SSSR count). The Morgan fingerprint density at radius 3 is 2.56 bits per heavy atom. The summed E-state index contributed by atoms with van der Waals surface area (Å²) in [6.45, 7) is 3.70. The second-order valence-electron chi connectivity index (χ2n) is 4.57. The molecule has 1 aromatic heterocycles. The third-order valence-electron chi connectivity index (χ3n) is 3.21. The lowest BCUT2D eigenvalue weighted by Gasteiger charge is -2.26. The molecule has 2 aromatic rings. The number of rotatable bonds is 3. The van der Waals surface area contributed by atoms with Crippen LogP contribution < -0.4 is 4.74 Å². The van der Waals surface area contributed by atoms with Gasteiger partial charge in [0.1, 0.15) is 11.4 Å².